The van der Waals surface area contributed by atoms with Gasteiger partial charge in [-0.3, -0.25) is 4.79 Å². The third-order valence-corrected chi connectivity index (χ3v) is 4.10. The van der Waals surface area contributed by atoms with Gasteiger partial charge in [-0.15, -0.1) is 0 Å². The second-order valence-corrected chi connectivity index (χ2v) is 6.83. The number of carbonyl (C=O) groups excluding carboxylic acids is 2. The van der Waals surface area contributed by atoms with Crippen molar-refractivity contribution in [2.45, 2.75) is 32.7 Å². The van der Waals surface area contributed by atoms with Crippen LogP contribution < -0.4 is 10.1 Å². The van der Waals surface area contributed by atoms with Crippen molar-refractivity contribution < 1.29 is 19.1 Å². The maximum Gasteiger partial charge on any atom is 0.328 e. The molecule has 5 nitrogen and oxygen atoms in total. The Hall–Kier alpha value is -2.82. The van der Waals surface area contributed by atoms with Gasteiger partial charge in [0.1, 0.15) is 11.8 Å². The fourth-order valence-electron chi connectivity index (χ4n) is 2.81. The summed E-state index contributed by atoms with van der Waals surface area (Å²) in [6.45, 7) is 3.81. The van der Waals surface area contributed by atoms with Crippen LogP contribution in [0.1, 0.15) is 31.4 Å². The minimum Gasteiger partial charge on any atom is -0.483 e. The van der Waals surface area contributed by atoms with Gasteiger partial charge >= 0.3 is 5.97 Å². The smallest absolute Gasteiger partial charge is 0.328 e. The summed E-state index contributed by atoms with van der Waals surface area (Å²) < 4.78 is 10.5. The van der Waals surface area contributed by atoms with Crippen LogP contribution in [0.3, 0.4) is 0 Å². The number of hydrogen-bond donors (Lipinski definition) is 1. The Morgan fingerprint density at radius 3 is 2.33 bits per heavy atom. The van der Waals surface area contributed by atoms with Crippen LogP contribution in [0.25, 0.3) is 0 Å². The van der Waals surface area contributed by atoms with Crippen LogP contribution in [0.15, 0.2) is 54.6 Å². The van der Waals surface area contributed by atoms with Crippen molar-refractivity contribution in [3.05, 3.63) is 65.7 Å². The molecule has 1 unspecified atom stereocenters. The second kappa shape index (κ2) is 10.4. The van der Waals surface area contributed by atoms with Crippen molar-refractivity contribution in [2.24, 2.45) is 5.92 Å². The number of hydrogen-bond acceptors (Lipinski definition) is 4. The highest BCUT2D eigenvalue weighted by Crippen LogP contribution is 2.21. The van der Waals surface area contributed by atoms with Gasteiger partial charge in [0.15, 0.2) is 6.61 Å². The molecule has 0 fully saturated rings. The number of nitrogens with one attached hydrogen (secondary N) is 1. The van der Waals surface area contributed by atoms with Gasteiger partial charge in [0, 0.05) is 6.42 Å². The SMILES string of the molecule is COC(=O)C(CC(C)C)NC(=O)COc1ccccc1Cc1ccccc1. The van der Waals surface area contributed by atoms with Gasteiger partial charge in [0.25, 0.3) is 5.91 Å². The van der Waals surface area contributed by atoms with Crippen LogP contribution in [0.4, 0.5) is 0 Å². The third-order valence-electron chi connectivity index (χ3n) is 4.10. The molecule has 0 heterocycles. The van der Waals surface area contributed by atoms with Gasteiger partial charge in [0.05, 0.1) is 7.11 Å². The Labute approximate surface area is 160 Å². The summed E-state index contributed by atoms with van der Waals surface area (Å²) in [6.07, 6.45) is 1.24. The standard InChI is InChI=1S/C22H27NO4/c1-16(2)13-19(22(25)26-3)23-21(24)15-27-20-12-8-7-11-18(20)14-17-9-5-4-6-10-17/h4-12,16,19H,13-15H2,1-3H3,(H,23,24). The number of ether oxygens (including phenoxy) is 2. The average Bonchev–Trinajstić information content (AvgIpc) is 2.66. The highest BCUT2D eigenvalue weighted by molar-refractivity contribution is 5.85. The van der Waals surface area contributed by atoms with Crippen LogP contribution in [-0.4, -0.2) is 31.6 Å². The minimum absolute atomic E-state index is 0.155. The molecule has 0 aliphatic rings. The van der Waals surface area contributed by atoms with Crippen LogP contribution >= 0.6 is 0 Å². The third kappa shape index (κ3) is 6.77. The maximum atomic E-state index is 12.3. The Morgan fingerprint density at radius 2 is 1.67 bits per heavy atom. The molecule has 0 aromatic heterocycles. The first-order valence-corrected chi connectivity index (χ1v) is 9.11. The zero-order chi connectivity index (χ0) is 19.6. The quantitative estimate of drug-likeness (QED) is 0.689. The molecule has 2 rings (SSSR count). The minimum atomic E-state index is -0.661. The second-order valence-electron chi connectivity index (χ2n) is 6.83. The first-order chi connectivity index (χ1) is 13.0. The molecule has 1 amide bonds. The molecule has 0 saturated heterocycles. The van der Waals surface area contributed by atoms with Crippen molar-refractivity contribution in [3.63, 3.8) is 0 Å². The Kier molecular flexibility index (Phi) is 7.86. The number of benzene rings is 2. The molecule has 0 bridgehead atoms. The van der Waals surface area contributed by atoms with E-state index in [0.29, 0.717) is 12.2 Å². The predicted molar refractivity (Wildman–Crippen MR) is 105 cm³/mol. The van der Waals surface area contributed by atoms with Gasteiger partial charge < -0.3 is 14.8 Å². The summed E-state index contributed by atoms with van der Waals surface area (Å²) in [6, 6.07) is 17.1. The molecule has 0 spiro atoms. The maximum absolute atomic E-state index is 12.3. The van der Waals surface area contributed by atoms with Crippen molar-refractivity contribution >= 4 is 11.9 Å². The van der Waals surface area contributed by atoms with E-state index in [2.05, 4.69) is 17.4 Å². The zero-order valence-electron chi connectivity index (χ0n) is 16.1. The number of rotatable bonds is 9. The van der Waals surface area contributed by atoms with E-state index in [-0.39, 0.29) is 18.4 Å². The fraction of sp³-hybridized carbons (Fsp3) is 0.364. The molecule has 1 atom stereocenters. The van der Waals surface area contributed by atoms with E-state index in [4.69, 9.17) is 9.47 Å². The topological polar surface area (TPSA) is 64.6 Å². The molecular weight excluding hydrogens is 342 g/mol. The zero-order valence-corrected chi connectivity index (χ0v) is 16.1. The summed E-state index contributed by atoms with van der Waals surface area (Å²) in [5.41, 5.74) is 2.17. The highest BCUT2D eigenvalue weighted by Gasteiger charge is 2.22. The molecule has 0 saturated carbocycles. The molecule has 2 aromatic rings. The number of para-hydroxylation sites is 1. The molecule has 5 heteroatoms. The summed E-state index contributed by atoms with van der Waals surface area (Å²) in [7, 11) is 1.32. The van der Waals surface area contributed by atoms with Crippen molar-refractivity contribution in [3.8, 4) is 5.75 Å². The van der Waals surface area contributed by atoms with Crippen molar-refractivity contribution in [1.29, 1.82) is 0 Å². The van der Waals surface area contributed by atoms with Crippen LogP contribution in [0, 0.1) is 5.92 Å². The van der Waals surface area contributed by atoms with Crippen LogP contribution in [0.5, 0.6) is 5.75 Å². The molecule has 2 aromatic carbocycles. The van der Waals surface area contributed by atoms with Crippen LogP contribution in [-0.2, 0) is 20.7 Å². The molecule has 0 radical (unpaired) electrons. The molecule has 144 valence electrons. The van der Waals surface area contributed by atoms with Crippen molar-refractivity contribution in [2.75, 3.05) is 13.7 Å². The Balaban J connectivity index is 1.97. The molecule has 0 aliphatic carbocycles. The first-order valence-electron chi connectivity index (χ1n) is 9.11. The average molecular weight is 369 g/mol. The normalized spacial score (nSPS) is 11.7. The largest absolute Gasteiger partial charge is 0.483 e. The lowest BCUT2D eigenvalue weighted by atomic mass is 10.0. The van der Waals surface area contributed by atoms with E-state index >= 15 is 0 Å². The lowest BCUT2D eigenvalue weighted by Crippen LogP contribution is -2.44. The highest BCUT2D eigenvalue weighted by atomic mass is 16.5. The molecule has 0 aliphatic heterocycles. The van der Waals surface area contributed by atoms with Gasteiger partial charge in [0.2, 0.25) is 0 Å². The summed E-state index contributed by atoms with van der Waals surface area (Å²) in [5.74, 6) is 0.124. The van der Waals surface area contributed by atoms with E-state index in [1.54, 1.807) is 0 Å². The number of methoxy groups -OCH3 is 1. The fourth-order valence-corrected chi connectivity index (χ4v) is 2.81. The van der Waals surface area contributed by atoms with E-state index in [1.165, 1.54) is 12.7 Å². The summed E-state index contributed by atoms with van der Waals surface area (Å²) >= 11 is 0. The van der Waals surface area contributed by atoms with Gasteiger partial charge in [-0.25, -0.2) is 4.79 Å². The lowest BCUT2D eigenvalue weighted by molar-refractivity contribution is -0.145. The number of carbonyl (C=O) groups is 2. The van der Waals surface area contributed by atoms with E-state index in [9.17, 15) is 9.59 Å². The number of amides is 1. The molecule has 1 N–H and O–H groups in total. The predicted octanol–water partition coefficient (Wildman–Crippen LogP) is 3.36. The van der Waals surface area contributed by atoms with E-state index in [0.717, 1.165) is 12.0 Å². The van der Waals surface area contributed by atoms with Crippen LogP contribution in [0.2, 0.25) is 0 Å². The summed E-state index contributed by atoms with van der Waals surface area (Å²) in [4.78, 5) is 24.1. The van der Waals surface area contributed by atoms with Gasteiger partial charge in [-0.2, -0.15) is 0 Å². The Bertz CT molecular complexity index is 743. The van der Waals surface area contributed by atoms with E-state index in [1.807, 2.05) is 56.3 Å². The van der Waals surface area contributed by atoms with Crippen molar-refractivity contribution in [1.82, 2.24) is 5.32 Å². The Morgan fingerprint density at radius 1 is 1.00 bits per heavy atom. The number of esters is 1. The lowest BCUT2D eigenvalue weighted by Gasteiger charge is -2.18. The monoisotopic (exact) mass is 369 g/mol. The van der Waals surface area contributed by atoms with Gasteiger partial charge in [-0.05, 0) is 29.5 Å². The van der Waals surface area contributed by atoms with Gasteiger partial charge in [-0.1, -0.05) is 62.4 Å². The first kappa shape index (κ1) is 20.5. The molecular formula is C22H27NO4. The van der Waals surface area contributed by atoms with E-state index < -0.39 is 12.0 Å². The summed E-state index contributed by atoms with van der Waals surface area (Å²) in [5, 5.41) is 2.70. The molecule has 27 heavy (non-hydrogen) atoms.